The second-order valence-electron chi connectivity index (χ2n) is 5.25. The molecule has 1 N–H and O–H groups in total. The van der Waals surface area contributed by atoms with Gasteiger partial charge in [-0.1, -0.05) is 36.2 Å². The van der Waals surface area contributed by atoms with E-state index in [9.17, 15) is 0 Å². The zero-order valence-corrected chi connectivity index (χ0v) is 13.1. The Hall–Kier alpha value is -0.280. The molecule has 2 nitrogen and oxygen atoms in total. The first-order valence-electron chi connectivity index (χ1n) is 7.01. The maximum atomic E-state index is 6.41. The monoisotopic (exact) mass is 300 g/mol. The molecule has 1 aliphatic heterocycles. The van der Waals surface area contributed by atoms with Gasteiger partial charge in [0, 0.05) is 16.1 Å². The minimum absolute atomic E-state index is 0.414. The van der Waals surface area contributed by atoms with E-state index in [1.807, 2.05) is 19.2 Å². The van der Waals surface area contributed by atoms with E-state index in [1.165, 1.54) is 18.4 Å². The predicted octanol–water partition coefficient (Wildman–Crippen LogP) is 3.99. The lowest BCUT2D eigenvalue weighted by Crippen LogP contribution is -2.30. The largest absolute Gasteiger partial charge is 0.319 e. The third kappa shape index (κ3) is 3.43. The minimum Gasteiger partial charge on any atom is -0.319 e. The van der Waals surface area contributed by atoms with Gasteiger partial charge in [0.2, 0.25) is 0 Å². The number of hydrogen-bond acceptors (Lipinski definition) is 2. The quantitative estimate of drug-likeness (QED) is 0.885. The van der Waals surface area contributed by atoms with E-state index in [-0.39, 0.29) is 0 Å². The van der Waals surface area contributed by atoms with E-state index in [1.54, 1.807) is 0 Å². The molecule has 0 radical (unpaired) electrons. The van der Waals surface area contributed by atoms with Gasteiger partial charge < -0.3 is 5.32 Å². The van der Waals surface area contributed by atoms with Gasteiger partial charge in [-0.3, -0.25) is 4.90 Å². The molecule has 1 aromatic rings. The van der Waals surface area contributed by atoms with E-state index in [2.05, 4.69) is 23.2 Å². The van der Waals surface area contributed by atoms with Crippen molar-refractivity contribution in [1.82, 2.24) is 10.2 Å². The molecule has 2 unspecified atom stereocenters. The average molecular weight is 301 g/mol. The Kier molecular flexibility index (Phi) is 5.52. The molecule has 106 valence electrons. The number of halogens is 2. The summed E-state index contributed by atoms with van der Waals surface area (Å²) in [4.78, 5) is 2.55. The normalized spacial score (nSPS) is 24.0. The third-order valence-corrected chi connectivity index (χ3v) is 4.45. The molecular formula is C15H22Cl2N2. The van der Waals surface area contributed by atoms with Gasteiger partial charge in [-0.05, 0) is 63.1 Å². The van der Waals surface area contributed by atoms with Crippen LogP contribution in [0.5, 0.6) is 0 Å². The van der Waals surface area contributed by atoms with Crippen molar-refractivity contribution < 1.29 is 0 Å². The molecule has 0 spiro atoms. The van der Waals surface area contributed by atoms with Crippen molar-refractivity contribution in [2.45, 2.75) is 25.8 Å². The fraction of sp³-hybridized carbons (Fsp3) is 0.600. The molecule has 1 fully saturated rings. The summed E-state index contributed by atoms with van der Waals surface area (Å²) >= 11 is 12.4. The fourth-order valence-electron chi connectivity index (χ4n) is 3.13. The van der Waals surface area contributed by atoms with Crippen molar-refractivity contribution in [3.8, 4) is 0 Å². The van der Waals surface area contributed by atoms with Crippen molar-refractivity contribution in [3.05, 3.63) is 33.8 Å². The summed E-state index contributed by atoms with van der Waals surface area (Å²) in [7, 11) is 2.02. The number of rotatable bonds is 5. The zero-order valence-electron chi connectivity index (χ0n) is 11.6. The molecule has 0 aromatic heterocycles. The Morgan fingerprint density at radius 1 is 1.37 bits per heavy atom. The fourth-order valence-corrected chi connectivity index (χ4v) is 3.65. The molecule has 1 heterocycles. The maximum absolute atomic E-state index is 6.41. The number of benzene rings is 1. The first-order chi connectivity index (χ1) is 9.17. The minimum atomic E-state index is 0.414. The van der Waals surface area contributed by atoms with E-state index in [0.717, 1.165) is 24.7 Å². The summed E-state index contributed by atoms with van der Waals surface area (Å²) in [6.07, 6.45) is 2.40. The van der Waals surface area contributed by atoms with Crippen LogP contribution < -0.4 is 5.32 Å². The zero-order chi connectivity index (χ0) is 13.8. The Balaban J connectivity index is 2.29. The highest BCUT2D eigenvalue weighted by molar-refractivity contribution is 6.35. The van der Waals surface area contributed by atoms with Gasteiger partial charge in [0.05, 0.1) is 0 Å². The van der Waals surface area contributed by atoms with Crippen molar-refractivity contribution in [2.24, 2.45) is 5.92 Å². The lowest BCUT2D eigenvalue weighted by atomic mass is 9.93. The highest BCUT2D eigenvalue weighted by atomic mass is 35.5. The van der Waals surface area contributed by atoms with Crippen molar-refractivity contribution in [2.75, 3.05) is 26.7 Å². The van der Waals surface area contributed by atoms with Crippen molar-refractivity contribution >= 4 is 23.2 Å². The van der Waals surface area contributed by atoms with Crippen molar-refractivity contribution in [3.63, 3.8) is 0 Å². The van der Waals surface area contributed by atoms with Crippen LogP contribution in [0.4, 0.5) is 0 Å². The van der Waals surface area contributed by atoms with Gasteiger partial charge in [-0.15, -0.1) is 0 Å². The number of nitrogens with one attached hydrogen (secondary N) is 1. The van der Waals surface area contributed by atoms with E-state index < -0.39 is 0 Å². The molecule has 1 saturated heterocycles. The van der Waals surface area contributed by atoms with E-state index in [4.69, 9.17) is 23.2 Å². The third-order valence-electron chi connectivity index (χ3n) is 3.89. The molecule has 2 rings (SSSR count). The summed E-state index contributed by atoms with van der Waals surface area (Å²) in [5.74, 6) is 0.621. The van der Waals surface area contributed by atoms with Crippen LogP contribution in [-0.2, 0) is 0 Å². The molecule has 2 atom stereocenters. The average Bonchev–Trinajstić information content (AvgIpc) is 2.74. The van der Waals surface area contributed by atoms with Gasteiger partial charge >= 0.3 is 0 Å². The van der Waals surface area contributed by atoms with Gasteiger partial charge in [0.15, 0.2) is 0 Å². The Morgan fingerprint density at radius 3 is 2.79 bits per heavy atom. The topological polar surface area (TPSA) is 15.3 Å². The summed E-state index contributed by atoms with van der Waals surface area (Å²) in [6, 6.07) is 6.31. The SMILES string of the molecule is CCCN1CCC(CNC)C1c1ccc(Cl)cc1Cl. The standard InChI is InChI=1S/C15H22Cl2N2/c1-3-7-19-8-6-11(10-18-2)15(19)13-5-4-12(16)9-14(13)17/h4-5,9,11,15,18H,3,6-8,10H2,1-2H3. The molecule has 0 amide bonds. The van der Waals surface area contributed by atoms with Crippen LogP contribution in [0.15, 0.2) is 18.2 Å². The molecule has 4 heteroatoms. The summed E-state index contributed by atoms with van der Waals surface area (Å²) in [5.41, 5.74) is 1.22. The van der Waals surface area contributed by atoms with Crippen LogP contribution in [0, 0.1) is 5.92 Å². The molecule has 0 bridgehead atoms. The first-order valence-corrected chi connectivity index (χ1v) is 7.76. The number of likely N-dealkylation sites (tertiary alicyclic amines) is 1. The second-order valence-corrected chi connectivity index (χ2v) is 6.10. The Labute approximate surface area is 126 Å². The van der Waals surface area contributed by atoms with E-state index in [0.29, 0.717) is 17.0 Å². The lowest BCUT2D eigenvalue weighted by Gasteiger charge is -2.29. The summed E-state index contributed by atoms with van der Waals surface area (Å²) < 4.78 is 0. The Bertz CT molecular complexity index is 409. The van der Waals surface area contributed by atoms with Crippen molar-refractivity contribution in [1.29, 1.82) is 0 Å². The maximum Gasteiger partial charge on any atom is 0.0468 e. The van der Waals surface area contributed by atoms with Gasteiger partial charge in [-0.2, -0.15) is 0 Å². The van der Waals surface area contributed by atoms with Gasteiger partial charge in [0.25, 0.3) is 0 Å². The summed E-state index contributed by atoms with van der Waals surface area (Å²) in [5, 5.41) is 4.81. The second kappa shape index (κ2) is 6.94. The molecule has 1 aliphatic rings. The van der Waals surface area contributed by atoms with Crippen LogP contribution in [-0.4, -0.2) is 31.6 Å². The van der Waals surface area contributed by atoms with Gasteiger partial charge in [0.1, 0.15) is 0 Å². The molecule has 19 heavy (non-hydrogen) atoms. The van der Waals surface area contributed by atoms with Crippen LogP contribution in [0.25, 0.3) is 0 Å². The molecule has 1 aromatic carbocycles. The highest BCUT2D eigenvalue weighted by Crippen LogP contribution is 2.40. The Morgan fingerprint density at radius 2 is 2.16 bits per heavy atom. The van der Waals surface area contributed by atoms with Crippen LogP contribution >= 0.6 is 23.2 Å². The lowest BCUT2D eigenvalue weighted by molar-refractivity contribution is 0.227. The molecular weight excluding hydrogens is 279 g/mol. The molecule has 0 aliphatic carbocycles. The number of nitrogens with zero attached hydrogens (tertiary/aromatic N) is 1. The molecule has 0 saturated carbocycles. The first kappa shape index (κ1) is 15.1. The van der Waals surface area contributed by atoms with Crippen LogP contribution in [0.3, 0.4) is 0 Å². The number of hydrogen-bond donors (Lipinski definition) is 1. The smallest absolute Gasteiger partial charge is 0.0468 e. The van der Waals surface area contributed by atoms with E-state index >= 15 is 0 Å². The van der Waals surface area contributed by atoms with Crippen LogP contribution in [0.2, 0.25) is 10.0 Å². The predicted molar refractivity (Wildman–Crippen MR) is 83.1 cm³/mol. The van der Waals surface area contributed by atoms with Crippen LogP contribution in [0.1, 0.15) is 31.4 Å². The summed E-state index contributed by atoms with van der Waals surface area (Å²) in [6.45, 7) is 5.55. The highest BCUT2D eigenvalue weighted by Gasteiger charge is 2.35. The van der Waals surface area contributed by atoms with Gasteiger partial charge in [-0.25, -0.2) is 0 Å².